The van der Waals surface area contributed by atoms with Crippen molar-refractivity contribution in [1.82, 2.24) is 39.8 Å². The third-order valence-electron chi connectivity index (χ3n) is 8.80. The van der Waals surface area contributed by atoms with Crippen LogP contribution in [-0.4, -0.2) is 57.4 Å². The number of hydrogen-bond acceptors (Lipinski definition) is 8. The maximum Gasteiger partial charge on any atom is 0.441 e. The van der Waals surface area contributed by atoms with Crippen LogP contribution in [0.25, 0.3) is 22.5 Å². The third kappa shape index (κ3) is 7.95. The van der Waals surface area contributed by atoms with Gasteiger partial charge in [-0.1, -0.05) is 43.7 Å². The molecule has 1 aliphatic carbocycles. The van der Waals surface area contributed by atoms with Crippen molar-refractivity contribution in [2.24, 2.45) is 25.9 Å². The summed E-state index contributed by atoms with van der Waals surface area (Å²) in [7, 11) is 3.22. The fourth-order valence-electron chi connectivity index (χ4n) is 6.26. The lowest BCUT2D eigenvalue weighted by Crippen LogP contribution is -2.32. The van der Waals surface area contributed by atoms with Crippen molar-refractivity contribution in [1.29, 1.82) is 5.26 Å². The topological polar surface area (TPSA) is 142 Å². The van der Waals surface area contributed by atoms with Crippen LogP contribution >= 0.6 is 0 Å². The average molecular weight is 697 g/mol. The Kier molecular flexibility index (Phi) is 10.2. The van der Waals surface area contributed by atoms with E-state index in [1.54, 1.807) is 21.7 Å². The van der Waals surface area contributed by atoms with E-state index < -0.39 is 11.9 Å². The van der Waals surface area contributed by atoms with Gasteiger partial charge in [0, 0.05) is 55.9 Å². The molecular weight excluding hydrogens is 659 g/mol. The van der Waals surface area contributed by atoms with Gasteiger partial charge in [-0.2, -0.15) is 33.2 Å². The van der Waals surface area contributed by atoms with Gasteiger partial charge in [0.05, 0.1) is 35.9 Å². The second-order valence-corrected chi connectivity index (χ2v) is 12.4. The lowest BCUT2D eigenvalue weighted by Gasteiger charge is -2.08. The zero-order chi connectivity index (χ0) is 36.1. The predicted octanol–water partition coefficient (Wildman–Crippen LogP) is 6.50. The van der Waals surface area contributed by atoms with Gasteiger partial charge in [0.25, 0.3) is 5.82 Å². The van der Waals surface area contributed by atoms with Gasteiger partial charge in [-0.3, -0.25) is 14.7 Å². The molecule has 2 amide bonds. The Bertz CT molecular complexity index is 2080. The number of halogens is 3. The van der Waals surface area contributed by atoms with Gasteiger partial charge >= 0.3 is 12.2 Å². The largest absolute Gasteiger partial charge is 0.441 e. The summed E-state index contributed by atoms with van der Waals surface area (Å²) < 4.78 is 44.4. The smallest absolute Gasteiger partial charge is 0.354 e. The zero-order valence-corrected chi connectivity index (χ0v) is 28.4. The van der Waals surface area contributed by atoms with Crippen LogP contribution in [0.5, 0.6) is 0 Å². The first-order valence-electron chi connectivity index (χ1n) is 16.6. The molecule has 51 heavy (non-hydrogen) atoms. The number of nitriles is 1. The SMILES string of the molecule is CCCC1/C(=[N+](/C(=O)NCc2ccccc2)c2ccc(-c3cnn(C)c3)cn2)C1CCCNc1ncc(C#N)c(-c2cc(C(F)(F)F)nn2C)n1. The van der Waals surface area contributed by atoms with Crippen molar-refractivity contribution in [3.05, 3.63) is 90.1 Å². The Morgan fingerprint density at radius 3 is 2.45 bits per heavy atom. The summed E-state index contributed by atoms with van der Waals surface area (Å²) in [6.07, 6.45) is 5.40. The highest BCUT2D eigenvalue weighted by Crippen LogP contribution is 2.43. The van der Waals surface area contributed by atoms with Crippen LogP contribution in [0.1, 0.15) is 49.4 Å². The molecule has 15 heteroatoms. The number of urea groups is 1. The van der Waals surface area contributed by atoms with Crippen molar-refractivity contribution in [3.8, 4) is 28.6 Å². The molecule has 0 radical (unpaired) electrons. The van der Waals surface area contributed by atoms with Gasteiger partial charge in [0.2, 0.25) is 5.95 Å². The number of nitrogens with zero attached hydrogens (tertiary/aromatic N) is 9. The second-order valence-electron chi connectivity index (χ2n) is 12.4. The van der Waals surface area contributed by atoms with Crippen molar-refractivity contribution < 1.29 is 22.5 Å². The molecule has 0 saturated heterocycles. The molecule has 5 aromatic rings. The molecule has 0 bridgehead atoms. The van der Waals surface area contributed by atoms with Gasteiger partial charge in [0.1, 0.15) is 18.0 Å². The minimum absolute atomic E-state index is 0.0320. The molecule has 1 aromatic carbocycles. The van der Waals surface area contributed by atoms with Crippen LogP contribution in [0.4, 0.5) is 29.7 Å². The number of hydrogen-bond donors (Lipinski definition) is 2. The van der Waals surface area contributed by atoms with Crippen LogP contribution in [0.15, 0.2) is 73.3 Å². The molecule has 262 valence electrons. The molecule has 2 N–H and O–H groups in total. The maximum atomic E-state index is 13.9. The first kappa shape index (κ1) is 34.9. The van der Waals surface area contributed by atoms with Crippen molar-refractivity contribution >= 4 is 23.5 Å². The zero-order valence-electron chi connectivity index (χ0n) is 28.4. The van der Waals surface area contributed by atoms with E-state index in [9.17, 15) is 23.2 Å². The van der Waals surface area contributed by atoms with E-state index in [0.29, 0.717) is 25.3 Å². The highest BCUT2D eigenvalue weighted by Gasteiger charge is 2.50. The number of amides is 2. The van der Waals surface area contributed by atoms with Crippen molar-refractivity contribution in [3.63, 3.8) is 0 Å². The van der Waals surface area contributed by atoms with E-state index >= 15 is 0 Å². The number of rotatable bonds is 12. The molecule has 4 aromatic heterocycles. The van der Waals surface area contributed by atoms with Gasteiger partial charge in [-0.25, -0.2) is 14.8 Å². The summed E-state index contributed by atoms with van der Waals surface area (Å²) in [5, 5.41) is 23.6. The van der Waals surface area contributed by atoms with Gasteiger partial charge in [0.15, 0.2) is 5.69 Å². The fourth-order valence-corrected chi connectivity index (χ4v) is 6.26. The number of aromatic nitrogens is 7. The number of anilines is 1. The Balaban J connectivity index is 1.20. The quantitative estimate of drug-likeness (QED) is 0.111. The molecule has 4 heterocycles. The number of aryl methyl sites for hydroxylation is 2. The summed E-state index contributed by atoms with van der Waals surface area (Å²) >= 11 is 0. The molecular formula is C36H37F3N11O+. The standard InChI is InChI=1S/C36H36F3N11O/c1-4-9-27-28(12-8-15-41-34-43-20-25(17-40)32(46-34)29-16-30(36(37,38)39)47-49(29)3)33(27)50(35(51)44-18-23-10-6-5-7-11-23)31-14-13-24(19-42-31)26-21-45-48(2)22-26/h5-7,10-11,13-14,16,19-22,27-28H,4,8-9,12,15,18H2,1-3H3,(H-,41,43,44,46,51)/p+1/b50-33-. The molecule has 0 aliphatic heterocycles. The Morgan fingerprint density at radius 2 is 1.80 bits per heavy atom. The first-order valence-corrected chi connectivity index (χ1v) is 16.6. The van der Waals surface area contributed by atoms with Gasteiger partial charge in [-0.15, -0.1) is 4.98 Å². The third-order valence-corrected chi connectivity index (χ3v) is 8.80. The lowest BCUT2D eigenvalue weighted by molar-refractivity contribution is -0.337. The first-order chi connectivity index (χ1) is 24.6. The summed E-state index contributed by atoms with van der Waals surface area (Å²) in [6, 6.07) is 16.1. The summed E-state index contributed by atoms with van der Waals surface area (Å²) in [5.74, 6) is 1.06. The number of alkyl halides is 3. The molecule has 1 aliphatic rings. The molecule has 6 rings (SSSR count). The molecule has 2 unspecified atom stereocenters. The Hall–Kier alpha value is -5.91. The van der Waals surface area contributed by atoms with Crippen LogP contribution in [0, 0.1) is 23.2 Å². The van der Waals surface area contributed by atoms with Gasteiger partial charge in [-0.05, 0) is 37.0 Å². The van der Waals surface area contributed by atoms with Crippen molar-refractivity contribution in [2.45, 2.75) is 45.3 Å². The maximum absolute atomic E-state index is 13.9. The molecule has 0 spiro atoms. The normalized spacial score (nSPS) is 16.4. The molecule has 2 atom stereocenters. The van der Waals surface area contributed by atoms with Crippen LogP contribution in [-0.2, 0) is 26.8 Å². The number of pyridine rings is 1. The number of benzene rings is 1. The average Bonchev–Trinajstić information content (AvgIpc) is 3.38. The van der Waals surface area contributed by atoms with Gasteiger partial charge < -0.3 is 5.32 Å². The summed E-state index contributed by atoms with van der Waals surface area (Å²) in [5.41, 5.74) is 2.88. The minimum Gasteiger partial charge on any atom is -0.354 e. The predicted molar refractivity (Wildman–Crippen MR) is 184 cm³/mol. The van der Waals surface area contributed by atoms with E-state index in [-0.39, 0.29) is 40.8 Å². The Morgan fingerprint density at radius 1 is 1.02 bits per heavy atom. The highest BCUT2D eigenvalue weighted by molar-refractivity contribution is 6.03. The number of nitrogens with one attached hydrogen (secondary N) is 2. The van der Waals surface area contributed by atoms with E-state index in [1.165, 1.54) is 13.2 Å². The highest BCUT2D eigenvalue weighted by atomic mass is 19.4. The van der Waals surface area contributed by atoms with Crippen LogP contribution < -0.4 is 10.6 Å². The fraction of sp³-hybridized carbons (Fsp3) is 0.333. The van der Waals surface area contributed by atoms with Crippen LogP contribution in [0.3, 0.4) is 0 Å². The monoisotopic (exact) mass is 696 g/mol. The van der Waals surface area contributed by atoms with Crippen molar-refractivity contribution in [2.75, 3.05) is 11.9 Å². The summed E-state index contributed by atoms with van der Waals surface area (Å²) in [4.78, 5) is 27.2. The van der Waals surface area contributed by atoms with Crippen LogP contribution in [0.2, 0.25) is 0 Å². The minimum atomic E-state index is -4.64. The molecule has 1 fully saturated rings. The molecule has 12 nitrogen and oxygen atoms in total. The van der Waals surface area contributed by atoms with E-state index in [2.05, 4.69) is 37.7 Å². The number of carbonyl (C=O) groups is 1. The summed E-state index contributed by atoms with van der Waals surface area (Å²) in [6.45, 7) is 2.95. The number of carbonyl (C=O) groups excluding carboxylic acids is 1. The Labute approximate surface area is 292 Å². The molecule has 1 saturated carbocycles. The van der Waals surface area contributed by atoms with E-state index in [1.807, 2.05) is 61.8 Å². The van der Waals surface area contributed by atoms with E-state index in [0.717, 1.165) is 52.4 Å². The lowest BCUT2D eigenvalue weighted by atomic mass is 10.1. The second kappa shape index (κ2) is 14.9. The van der Waals surface area contributed by atoms with E-state index in [4.69, 9.17) is 4.98 Å².